The van der Waals surface area contributed by atoms with Crippen molar-refractivity contribution in [2.45, 2.75) is 19.9 Å². The molecule has 1 aromatic rings. The summed E-state index contributed by atoms with van der Waals surface area (Å²) in [5.74, 6) is 1.73. The quantitative estimate of drug-likeness (QED) is 0.688. The molecule has 0 radical (unpaired) electrons. The van der Waals surface area contributed by atoms with Crippen LogP contribution in [0.2, 0.25) is 0 Å². The first kappa shape index (κ1) is 11.2. The molecule has 1 heterocycles. The van der Waals surface area contributed by atoms with Crippen LogP contribution < -0.4 is 5.32 Å². The zero-order valence-electron chi connectivity index (χ0n) is 9.21. The Hall–Kier alpha value is -0.870. The van der Waals surface area contributed by atoms with Crippen molar-refractivity contribution in [1.82, 2.24) is 15.2 Å². The summed E-state index contributed by atoms with van der Waals surface area (Å²) in [7, 11) is 4.12. The number of nitrogens with one attached hydrogen (secondary N) is 1. The van der Waals surface area contributed by atoms with Gasteiger partial charge < -0.3 is 14.6 Å². The average molecular weight is 197 g/mol. The van der Waals surface area contributed by atoms with E-state index in [2.05, 4.69) is 36.2 Å². The van der Waals surface area contributed by atoms with Gasteiger partial charge in [-0.2, -0.15) is 0 Å². The average Bonchev–Trinajstić information content (AvgIpc) is 2.60. The van der Waals surface area contributed by atoms with Crippen LogP contribution in [0.1, 0.15) is 18.6 Å². The zero-order chi connectivity index (χ0) is 10.4. The summed E-state index contributed by atoms with van der Waals surface area (Å²) in [5.41, 5.74) is 0. The lowest BCUT2D eigenvalue weighted by Gasteiger charge is -2.08. The normalized spacial score (nSPS) is 11.1. The van der Waals surface area contributed by atoms with E-state index in [-0.39, 0.29) is 0 Å². The van der Waals surface area contributed by atoms with Gasteiger partial charge >= 0.3 is 0 Å². The molecule has 0 unspecified atom stereocenters. The zero-order valence-corrected chi connectivity index (χ0v) is 9.21. The number of hydrogen-bond acceptors (Lipinski definition) is 4. The summed E-state index contributed by atoms with van der Waals surface area (Å²) in [5, 5.41) is 3.27. The van der Waals surface area contributed by atoms with Gasteiger partial charge in [0.2, 0.25) is 5.89 Å². The van der Waals surface area contributed by atoms with Gasteiger partial charge in [-0.1, -0.05) is 6.92 Å². The smallest absolute Gasteiger partial charge is 0.208 e. The van der Waals surface area contributed by atoms with Gasteiger partial charge in [-0.25, -0.2) is 4.98 Å². The third-order valence-electron chi connectivity index (χ3n) is 1.96. The molecular weight excluding hydrogens is 178 g/mol. The molecule has 0 aromatic carbocycles. The first-order valence-electron chi connectivity index (χ1n) is 5.01. The Bertz CT molecular complexity index is 258. The van der Waals surface area contributed by atoms with E-state index < -0.39 is 0 Å². The second-order valence-electron chi connectivity index (χ2n) is 3.55. The van der Waals surface area contributed by atoms with Crippen LogP contribution in [-0.4, -0.2) is 37.1 Å². The largest absolute Gasteiger partial charge is 0.444 e. The topological polar surface area (TPSA) is 41.3 Å². The lowest BCUT2D eigenvalue weighted by molar-refractivity contribution is 0.385. The standard InChI is InChI=1S/C10H19N3O/c1-4-9-7-12-10(14-9)8-11-5-6-13(2)3/h7,11H,4-6,8H2,1-3H3. The van der Waals surface area contributed by atoms with Crippen LogP contribution in [0.4, 0.5) is 0 Å². The Morgan fingerprint density at radius 3 is 2.86 bits per heavy atom. The van der Waals surface area contributed by atoms with Crippen LogP contribution in [0.25, 0.3) is 0 Å². The summed E-state index contributed by atoms with van der Waals surface area (Å²) in [6.45, 7) is 4.76. The highest BCUT2D eigenvalue weighted by atomic mass is 16.4. The molecule has 0 atom stereocenters. The van der Waals surface area contributed by atoms with Gasteiger partial charge in [0, 0.05) is 19.5 Å². The molecule has 0 spiro atoms. The third-order valence-corrected chi connectivity index (χ3v) is 1.96. The van der Waals surface area contributed by atoms with E-state index in [9.17, 15) is 0 Å². The van der Waals surface area contributed by atoms with Gasteiger partial charge in [-0.3, -0.25) is 0 Å². The van der Waals surface area contributed by atoms with E-state index in [4.69, 9.17) is 4.42 Å². The second kappa shape index (κ2) is 5.78. The number of aryl methyl sites for hydroxylation is 1. The van der Waals surface area contributed by atoms with Crippen LogP contribution in [0.3, 0.4) is 0 Å². The van der Waals surface area contributed by atoms with Crippen molar-refractivity contribution < 1.29 is 4.42 Å². The highest BCUT2D eigenvalue weighted by Gasteiger charge is 2.00. The predicted octanol–water partition coefficient (Wildman–Crippen LogP) is 0.888. The maximum absolute atomic E-state index is 5.45. The summed E-state index contributed by atoms with van der Waals surface area (Å²) in [6.07, 6.45) is 2.70. The number of likely N-dealkylation sites (N-methyl/N-ethyl adjacent to an activating group) is 1. The molecule has 0 amide bonds. The number of rotatable bonds is 6. The molecule has 80 valence electrons. The molecular formula is C10H19N3O. The molecule has 0 aliphatic carbocycles. The van der Waals surface area contributed by atoms with Crippen molar-refractivity contribution in [3.05, 3.63) is 17.8 Å². The second-order valence-corrected chi connectivity index (χ2v) is 3.55. The number of hydrogen-bond donors (Lipinski definition) is 1. The molecule has 4 nitrogen and oxygen atoms in total. The molecule has 14 heavy (non-hydrogen) atoms. The van der Waals surface area contributed by atoms with Crippen molar-refractivity contribution in [3.63, 3.8) is 0 Å². The molecule has 1 aromatic heterocycles. The Kier molecular flexibility index (Phi) is 4.62. The molecule has 1 rings (SSSR count). The minimum absolute atomic E-state index is 0.716. The Balaban J connectivity index is 2.18. The number of nitrogens with zero attached hydrogens (tertiary/aromatic N) is 2. The maximum Gasteiger partial charge on any atom is 0.208 e. The van der Waals surface area contributed by atoms with Crippen molar-refractivity contribution in [2.24, 2.45) is 0 Å². The molecule has 0 fully saturated rings. The summed E-state index contributed by atoms with van der Waals surface area (Å²) < 4.78 is 5.45. The lowest BCUT2D eigenvalue weighted by Crippen LogP contribution is -2.26. The van der Waals surface area contributed by atoms with Gasteiger partial charge in [0.05, 0.1) is 12.7 Å². The van der Waals surface area contributed by atoms with Crippen LogP contribution in [0.5, 0.6) is 0 Å². The van der Waals surface area contributed by atoms with E-state index in [1.165, 1.54) is 0 Å². The Labute approximate surface area is 85.3 Å². The summed E-state index contributed by atoms with van der Waals surface area (Å²) in [4.78, 5) is 6.30. The molecule has 0 aliphatic rings. The van der Waals surface area contributed by atoms with Crippen molar-refractivity contribution in [1.29, 1.82) is 0 Å². The lowest BCUT2D eigenvalue weighted by atomic mass is 10.4. The van der Waals surface area contributed by atoms with E-state index in [0.717, 1.165) is 31.2 Å². The van der Waals surface area contributed by atoms with Gasteiger partial charge in [0.15, 0.2) is 0 Å². The van der Waals surface area contributed by atoms with E-state index in [1.807, 2.05) is 0 Å². The van der Waals surface area contributed by atoms with Crippen LogP contribution in [0, 0.1) is 0 Å². The van der Waals surface area contributed by atoms with Crippen LogP contribution in [0.15, 0.2) is 10.6 Å². The SMILES string of the molecule is CCc1cnc(CNCCN(C)C)o1. The van der Waals surface area contributed by atoms with Crippen molar-refractivity contribution >= 4 is 0 Å². The Morgan fingerprint density at radius 1 is 1.50 bits per heavy atom. The number of aromatic nitrogens is 1. The Morgan fingerprint density at radius 2 is 2.29 bits per heavy atom. The van der Waals surface area contributed by atoms with E-state index in [1.54, 1.807) is 6.20 Å². The molecule has 4 heteroatoms. The molecule has 0 saturated carbocycles. The van der Waals surface area contributed by atoms with Crippen LogP contribution >= 0.6 is 0 Å². The van der Waals surface area contributed by atoms with Gasteiger partial charge in [0.1, 0.15) is 5.76 Å². The number of oxazole rings is 1. The minimum Gasteiger partial charge on any atom is -0.444 e. The predicted molar refractivity (Wildman–Crippen MR) is 56.1 cm³/mol. The highest BCUT2D eigenvalue weighted by Crippen LogP contribution is 2.03. The maximum atomic E-state index is 5.45. The van der Waals surface area contributed by atoms with E-state index >= 15 is 0 Å². The fourth-order valence-electron chi connectivity index (χ4n) is 1.09. The van der Waals surface area contributed by atoms with Crippen molar-refractivity contribution in [2.75, 3.05) is 27.2 Å². The molecule has 1 N–H and O–H groups in total. The molecule has 0 saturated heterocycles. The fourth-order valence-corrected chi connectivity index (χ4v) is 1.09. The van der Waals surface area contributed by atoms with Gasteiger partial charge in [-0.05, 0) is 14.1 Å². The highest BCUT2D eigenvalue weighted by molar-refractivity contribution is 4.93. The minimum atomic E-state index is 0.716. The van der Waals surface area contributed by atoms with Gasteiger partial charge in [0.25, 0.3) is 0 Å². The molecule has 0 bridgehead atoms. The summed E-state index contributed by atoms with van der Waals surface area (Å²) in [6, 6.07) is 0. The van der Waals surface area contributed by atoms with Crippen molar-refractivity contribution in [3.8, 4) is 0 Å². The monoisotopic (exact) mass is 197 g/mol. The fraction of sp³-hybridized carbons (Fsp3) is 0.700. The molecule has 0 aliphatic heterocycles. The van der Waals surface area contributed by atoms with Gasteiger partial charge in [-0.15, -0.1) is 0 Å². The van der Waals surface area contributed by atoms with Crippen LogP contribution in [-0.2, 0) is 13.0 Å². The first-order valence-corrected chi connectivity index (χ1v) is 5.01. The third kappa shape index (κ3) is 3.89. The summed E-state index contributed by atoms with van der Waals surface area (Å²) >= 11 is 0. The first-order chi connectivity index (χ1) is 6.72. The van der Waals surface area contributed by atoms with E-state index in [0.29, 0.717) is 6.54 Å².